The number of nitrogens with zero attached hydrogens (tertiary/aromatic N) is 3. The second-order valence-corrected chi connectivity index (χ2v) is 5.60. The summed E-state index contributed by atoms with van der Waals surface area (Å²) in [4.78, 5) is 10.5. The van der Waals surface area contributed by atoms with Crippen molar-refractivity contribution in [3.05, 3.63) is 48.2 Å². The Balaban J connectivity index is 1.61. The molecule has 1 aliphatic heterocycles. The van der Waals surface area contributed by atoms with E-state index < -0.39 is 5.60 Å². The van der Waals surface area contributed by atoms with Crippen molar-refractivity contribution in [2.24, 2.45) is 0 Å². The van der Waals surface area contributed by atoms with Crippen LogP contribution in [-0.2, 0) is 0 Å². The Morgan fingerprint density at radius 2 is 2.09 bits per heavy atom. The number of benzene rings is 1. The highest BCUT2D eigenvalue weighted by molar-refractivity contribution is 5.40. The molecule has 2 aromatic rings. The van der Waals surface area contributed by atoms with Gasteiger partial charge in [0.2, 0.25) is 0 Å². The molecule has 3 rings (SSSR count). The first kappa shape index (κ1) is 14.7. The summed E-state index contributed by atoms with van der Waals surface area (Å²) in [6.45, 7) is 3.16. The zero-order valence-corrected chi connectivity index (χ0v) is 12.4. The van der Waals surface area contributed by atoms with Gasteiger partial charge in [0.15, 0.2) is 0 Å². The normalized spacial score (nSPS) is 21.1. The molecule has 2 heterocycles. The van der Waals surface area contributed by atoms with Gasteiger partial charge in [-0.15, -0.1) is 0 Å². The van der Waals surface area contributed by atoms with Gasteiger partial charge >= 0.3 is 0 Å². The first-order valence-electron chi connectivity index (χ1n) is 7.19. The van der Waals surface area contributed by atoms with E-state index in [9.17, 15) is 9.50 Å². The number of aliphatic hydroxyl groups is 1. The van der Waals surface area contributed by atoms with Crippen LogP contribution in [0.15, 0.2) is 36.5 Å². The van der Waals surface area contributed by atoms with E-state index in [0.717, 1.165) is 5.82 Å². The number of aryl methyl sites for hydroxylation is 1. The number of anilines is 1. The van der Waals surface area contributed by atoms with Gasteiger partial charge < -0.3 is 14.7 Å². The lowest BCUT2D eigenvalue weighted by atomic mass is 10.1. The fourth-order valence-electron chi connectivity index (χ4n) is 2.54. The number of β-amino-alcohol motifs (C(OH)–C–C–N with tert-alkyl or cyclic N) is 1. The van der Waals surface area contributed by atoms with Crippen molar-refractivity contribution in [1.29, 1.82) is 0 Å². The molecule has 22 heavy (non-hydrogen) atoms. The smallest absolute Gasteiger partial charge is 0.132 e. The van der Waals surface area contributed by atoms with Crippen LogP contribution in [0.4, 0.5) is 10.2 Å². The minimum Gasteiger partial charge on any atom is -0.491 e. The zero-order chi connectivity index (χ0) is 15.6. The van der Waals surface area contributed by atoms with Crippen molar-refractivity contribution in [1.82, 2.24) is 9.97 Å². The lowest BCUT2D eigenvalue weighted by Crippen LogP contribution is -2.39. The van der Waals surface area contributed by atoms with Crippen LogP contribution < -0.4 is 9.64 Å². The maximum Gasteiger partial charge on any atom is 0.132 e. The van der Waals surface area contributed by atoms with E-state index in [1.807, 2.05) is 17.9 Å². The molecule has 0 aliphatic carbocycles. The summed E-state index contributed by atoms with van der Waals surface area (Å²) in [6, 6.07) is 7.62. The number of rotatable bonds is 4. The van der Waals surface area contributed by atoms with Crippen LogP contribution in [0, 0.1) is 12.7 Å². The summed E-state index contributed by atoms with van der Waals surface area (Å²) < 4.78 is 18.4. The van der Waals surface area contributed by atoms with Crippen molar-refractivity contribution >= 4 is 5.82 Å². The molecule has 116 valence electrons. The van der Waals surface area contributed by atoms with Crippen LogP contribution in [0.1, 0.15) is 12.2 Å². The van der Waals surface area contributed by atoms with E-state index in [0.29, 0.717) is 31.1 Å². The topological polar surface area (TPSA) is 58.5 Å². The molecule has 0 radical (unpaired) electrons. The van der Waals surface area contributed by atoms with E-state index in [-0.39, 0.29) is 12.4 Å². The summed E-state index contributed by atoms with van der Waals surface area (Å²) in [6.07, 6.45) is 2.31. The van der Waals surface area contributed by atoms with Gasteiger partial charge in [0.25, 0.3) is 0 Å². The lowest BCUT2D eigenvalue weighted by Gasteiger charge is -2.24. The monoisotopic (exact) mass is 303 g/mol. The molecule has 1 atom stereocenters. The van der Waals surface area contributed by atoms with Crippen molar-refractivity contribution < 1.29 is 14.2 Å². The van der Waals surface area contributed by atoms with Gasteiger partial charge in [0.05, 0.1) is 6.54 Å². The van der Waals surface area contributed by atoms with Crippen molar-refractivity contribution in [3.63, 3.8) is 0 Å². The highest BCUT2D eigenvalue weighted by Gasteiger charge is 2.37. The fraction of sp³-hybridized carbons (Fsp3) is 0.375. The Bertz CT molecular complexity index is 650. The molecule has 1 saturated heterocycles. The first-order chi connectivity index (χ1) is 10.5. The van der Waals surface area contributed by atoms with E-state index in [1.165, 1.54) is 12.1 Å². The van der Waals surface area contributed by atoms with Gasteiger partial charge in [-0.05, 0) is 43.7 Å². The Morgan fingerprint density at radius 3 is 2.82 bits per heavy atom. The van der Waals surface area contributed by atoms with Crippen molar-refractivity contribution in [3.8, 4) is 5.75 Å². The molecule has 1 aromatic carbocycles. The fourth-order valence-corrected chi connectivity index (χ4v) is 2.54. The molecule has 6 heteroatoms. The van der Waals surface area contributed by atoms with E-state index in [4.69, 9.17) is 4.74 Å². The third-order valence-corrected chi connectivity index (χ3v) is 3.74. The predicted octanol–water partition coefficient (Wildman–Crippen LogP) is 1.94. The standard InChI is InChI=1S/C16H18FN3O2/c1-12-18-8-6-15(19-12)20-9-7-16(21,10-20)11-22-14-4-2-13(17)3-5-14/h2-6,8,21H,7,9-11H2,1H3. The second kappa shape index (κ2) is 5.88. The van der Waals surface area contributed by atoms with Crippen LogP contribution in [-0.4, -0.2) is 40.4 Å². The molecule has 0 amide bonds. The van der Waals surface area contributed by atoms with Crippen LogP contribution in [0.25, 0.3) is 0 Å². The summed E-state index contributed by atoms with van der Waals surface area (Å²) in [7, 11) is 0. The molecule has 1 fully saturated rings. The van der Waals surface area contributed by atoms with Gasteiger partial charge in [-0.3, -0.25) is 0 Å². The van der Waals surface area contributed by atoms with Crippen molar-refractivity contribution in [2.75, 3.05) is 24.6 Å². The van der Waals surface area contributed by atoms with Crippen LogP contribution in [0.3, 0.4) is 0 Å². The number of hydrogen-bond acceptors (Lipinski definition) is 5. The molecule has 1 aromatic heterocycles. The minimum absolute atomic E-state index is 0.166. The Morgan fingerprint density at radius 1 is 1.32 bits per heavy atom. The van der Waals surface area contributed by atoms with Gasteiger partial charge in [-0.2, -0.15) is 0 Å². The lowest BCUT2D eigenvalue weighted by molar-refractivity contribution is 0.0144. The van der Waals surface area contributed by atoms with Crippen molar-refractivity contribution in [2.45, 2.75) is 18.9 Å². The Hall–Kier alpha value is -2.21. The number of halogens is 1. The van der Waals surface area contributed by atoms with E-state index in [1.54, 1.807) is 18.3 Å². The SMILES string of the molecule is Cc1nccc(N2CCC(O)(COc3ccc(F)cc3)C2)n1. The average molecular weight is 303 g/mol. The van der Waals surface area contributed by atoms with E-state index in [2.05, 4.69) is 9.97 Å². The van der Waals surface area contributed by atoms with Crippen LogP contribution >= 0.6 is 0 Å². The molecule has 0 spiro atoms. The Labute approximate surface area is 128 Å². The van der Waals surface area contributed by atoms with Gasteiger partial charge in [0.1, 0.15) is 35.4 Å². The summed E-state index contributed by atoms with van der Waals surface area (Å²) in [5, 5.41) is 10.6. The average Bonchev–Trinajstić information content (AvgIpc) is 2.90. The first-order valence-corrected chi connectivity index (χ1v) is 7.19. The number of ether oxygens (including phenoxy) is 1. The Kier molecular flexibility index (Phi) is 3.94. The second-order valence-electron chi connectivity index (χ2n) is 5.60. The van der Waals surface area contributed by atoms with Gasteiger partial charge in [-0.1, -0.05) is 0 Å². The van der Waals surface area contributed by atoms with E-state index >= 15 is 0 Å². The molecule has 0 saturated carbocycles. The predicted molar refractivity (Wildman–Crippen MR) is 80.4 cm³/mol. The van der Waals surface area contributed by atoms with Gasteiger partial charge in [0, 0.05) is 12.7 Å². The zero-order valence-electron chi connectivity index (χ0n) is 12.4. The molecule has 1 aliphatic rings. The van der Waals surface area contributed by atoms with Crippen LogP contribution in [0.2, 0.25) is 0 Å². The molecule has 1 N–H and O–H groups in total. The largest absolute Gasteiger partial charge is 0.491 e. The quantitative estimate of drug-likeness (QED) is 0.935. The molecule has 0 bridgehead atoms. The van der Waals surface area contributed by atoms with Crippen LogP contribution in [0.5, 0.6) is 5.75 Å². The number of aromatic nitrogens is 2. The van der Waals surface area contributed by atoms with Gasteiger partial charge in [-0.25, -0.2) is 14.4 Å². The molecule has 5 nitrogen and oxygen atoms in total. The summed E-state index contributed by atoms with van der Waals surface area (Å²) in [5.41, 5.74) is -0.937. The maximum atomic E-state index is 12.9. The highest BCUT2D eigenvalue weighted by atomic mass is 19.1. The minimum atomic E-state index is -0.937. The maximum absolute atomic E-state index is 12.9. The highest BCUT2D eigenvalue weighted by Crippen LogP contribution is 2.26. The molecular formula is C16H18FN3O2. The third-order valence-electron chi connectivity index (χ3n) is 3.74. The number of hydrogen-bond donors (Lipinski definition) is 1. The summed E-state index contributed by atoms with van der Waals surface area (Å²) >= 11 is 0. The third kappa shape index (κ3) is 3.33. The molecule has 1 unspecified atom stereocenters. The summed E-state index contributed by atoms with van der Waals surface area (Å²) in [5.74, 6) is 1.75. The molecular weight excluding hydrogens is 285 g/mol.